The van der Waals surface area contributed by atoms with Crippen LogP contribution in [0.25, 0.3) is 0 Å². The molecular formula is C13H12ClN5. The summed E-state index contributed by atoms with van der Waals surface area (Å²) >= 11 is 5.81. The predicted molar refractivity (Wildman–Crippen MR) is 75.1 cm³/mol. The van der Waals surface area contributed by atoms with Crippen molar-refractivity contribution in [2.75, 3.05) is 17.2 Å². The number of nitriles is 1. The summed E-state index contributed by atoms with van der Waals surface area (Å²) in [6, 6.07) is 11.7. The summed E-state index contributed by atoms with van der Waals surface area (Å²) in [6.45, 7) is 0.484. The van der Waals surface area contributed by atoms with E-state index in [1.54, 1.807) is 0 Å². The van der Waals surface area contributed by atoms with Gasteiger partial charge in [-0.05, 0) is 23.7 Å². The second-order valence-electron chi connectivity index (χ2n) is 3.81. The van der Waals surface area contributed by atoms with Gasteiger partial charge in [-0.1, -0.05) is 18.2 Å². The molecule has 0 fully saturated rings. The van der Waals surface area contributed by atoms with Crippen molar-refractivity contribution in [3.05, 3.63) is 41.8 Å². The summed E-state index contributed by atoms with van der Waals surface area (Å²) in [6.07, 6.45) is 1.82. The van der Waals surface area contributed by atoms with Crippen molar-refractivity contribution in [3.8, 4) is 6.07 Å². The minimum atomic E-state index is 0.127. The van der Waals surface area contributed by atoms with E-state index >= 15 is 0 Å². The number of anilines is 3. The Morgan fingerprint density at radius 2 is 2.05 bits per heavy atom. The maximum Gasteiger partial charge on any atom is 0.224 e. The van der Waals surface area contributed by atoms with Crippen LogP contribution in [0.2, 0.25) is 5.28 Å². The third-order valence-electron chi connectivity index (χ3n) is 2.54. The van der Waals surface area contributed by atoms with E-state index in [1.807, 2.05) is 35.2 Å². The van der Waals surface area contributed by atoms with Crippen molar-refractivity contribution < 1.29 is 0 Å². The van der Waals surface area contributed by atoms with Crippen LogP contribution in [0.15, 0.2) is 36.5 Å². The maximum absolute atomic E-state index is 8.77. The fraction of sp³-hybridized carbons (Fsp3) is 0.154. The minimum absolute atomic E-state index is 0.127. The molecule has 1 aromatic heterocycles. The molecule has 2 aromatic rings. The summed E-state index contributed by atoms with van der Waals surface area (Å²) in [5.41, 5.74) is 7.22. The zero-order valence-electron chi connectivity index (χ0n) is 10.1. The Morgan fingerprint density at radius 1 is 1.32 bits per heavy atom. The summed E-state index contributed by atoms with van der Waals surface area (Å²) in [7, 11) is 0. The number of halogens is 1. The fourth-order valence-electron chi connectivity index (χ4n) is 1.70. The number of hydrogen-bond donors (Lipinski definition) is 1. The first-order valence-corrected chi connectivity index (χ1v) is 6.07. The topological polar surface area (TPSA) is 78.8 Å². The first kappa shape index (κ1) is 13.1. The molecular weight excluding hydrogens is 262 g/mol. The zero-order chi connectivity index (χ0) is 13.7. The third kappa shape index (κ3) is 3.12. The van der Waals surface area contributed by atoms with Gasteiger partial charge in [-0.15, -0.1) is 0 Å². The first-order valence-electron chi connectivity index (χ1n) is 5.70. The highest BCUT2D eigenvalue weighted by molar-refractivity contribution is 6.28. The van der Waals surface area contributed by atoms with Gasteiger partial charge < -0.3 is 10.6 Å². The van der Waals surface area contributed by atoms with Gasteiger partial charge in [0.2, 0.25) is 5.28 Å². The molecule has 0 aliphatic rings. The molecule has 0 atom stereocenters. The van der Waals surface area contributed by atoms with E-state index in [1.165, 1.54) is 6.20 Å². The molecule has 0 amide bonds. The largest absolute Gasteiger partial charge is 0.394 e. The summed E-state index contributed by atoms with van der Waals surface area (Å²) in [4.78, 5) is 9.83. The molecule has 0 spiro atoms. The van der Waals surface area contributed by atoms with Gasteiger partial charge in [0.05, 0.1) is 24.4 Å². The van der Waals surface area contributed by atoms with Gasteiger partial charge in [0, 0.05) is 12.2 Å². The fourth-order valence-corrected chi connectivity index (χ4v) is 1.83. The molecule has 0 bridgehead atoms. The SMILES string of the molecule is N#CCCN(c1ccccc1)c1nc(Cl)ncc1N. The smallest absolute Gasteiger partial charge is 0.224 e. The van der Waals surface area contributed by atoms with Gasteiger partial charge >= 0.3 is 0 Å². The molecule has 0 saturated carbocycles. The van der Waals surface area contributed by atoms with E-state index in [0.717, 1.165) is 5.69 Å². The zero-order valence-corrected chi connectivity index (χ0v) is 10.9. The van der Waals surface area contributed by atoms with Crippen molar-refractivity contribution in [2.45, 2.75) is 6.42 Å². The Labute approximate surface area is 116 Å². The van der Waals surface area contributed by atoms with E-state index in [4.69, 9.17) is 22.6 Å². The van der Waals surface area contributed by atoms with Crippen molar-refractivity contribution in [3.63, 3.8) is 0 Å². The molecule has 0 aliphatic carbocycles. The number of nitrogens with two attached hydrogens (primary N) is 1. The monoisotopic (exact) mass is 273 g/mol. The first-order chi connectivity index (χ1) is 9.22. The van der Waals surface area contributed by atoms with E-state index in [0.29, 0.717) is 24.5 Å². The normalized spacial score (nSPS) is 9.89. The van der Waals surface area contributed by atoms with Crippen LogP contribution in [0.5, 0.6) is 0 Å². The van der Waals surface area contributed by atoms with Gasteiger partial charge in [0.25, 0.3) is 0 Å². The highest BCUT2D eigenvalue weighted by Crippen LogP contribution is 2.28. The minimum Gasteiger partial charge on any atom is -0.394 e. The lowest BCUT2D eigenvalue weighted by Gasteiger charge is -2.23. The van der Waals surface area contributed by atoms with Crippen molar-refractivity contribution in [1.29, 1.82) is 5.26 Å². The number of benzene rings is 1. The van der Waals surface area contributed by atoms with Crippen LogP contribution in [0.3, 0.4) is 0 Å². The molecule has 6 heteroatoms. The van der Waals surface area contributed by atoms with Crippen LogP contribution in [0.4, 0.5) is 17.2 Å². The van der Waals surface area contributed by atoms with Gasteiger partial charge in [-0.25, -0.2) is 4.98 Å². The van der Waals surface area contributed by atoms with Crippen molar-refractivity contribution >= 4 is 28.8 Å². The molecule has 1 heterocycles. The second kappa shape index (κ2) is 6.03. The Bertz CT molecular complexity index is 594. The Hall–Kier alpha value is -2.32. The Kier molecular flexibility index (Phi) is 4.16. The lowest BCUT2D eigenvalue weighted by atomic mass is 10.2. The van der Waals surface area contributed by atoms with Crippen LogP contribution in [-0.4, -0.2) is 16.5 Å². The molecule has 2 N–H and O–H groups in total. The highest BCUT2D eigenvalue weighted by atomic mass is 35.5. The lowest BCUT2D eigenvalue weighted by Crippen LogP contribution is -2.21. The molecule has 2 rings (SSSR count). The molecule has 0 saturated heterocycles. The third-order valence-corrected chi connectivity index (χ3v) is 2.72. The molecule has 19 heavy (non-hydrogen) atoms. The number of hydrogen-bond acceptors (Lipinski definition) is 5. The number of rotatable bonds is 4. The maximum atomic E-state index is 8.77. The molecule has 1 aromatic carbocycles. The highest BCUT2D eigenvalue weighted by Gasteiger charge is 2.14. The molecule has 0 aliphatic heterocycles. The predicted octanol–water partition coefficient (Wildman–Crippen LogP) is 2.76. The average Bonchev–Trinajstić information content (AvgIpc) is 2.44. The molecule has 96 valence electrons. The van der Waals surface area contributed by atoms with E-state index in [9.17, 15) is 0 Å². The van der Waals surface area contributed by atoms with Crippen LogP contribution in [-0.2, 0) is 0 Å². The quantitative estimate of drug-likeness (QED) is 0.867. The van der Waals surface area contributed by atoms with Gasteiger partial charge in [-0.2, -0.15) is 10.2 Å². The Morgan fingerprint density at radius 3 is 2.74 bits per heavy atom. The average molecular weight is 274 g/mol. The standard InChI is InChI=1S/C13H12ClN5/c14-13-17-9-11(16)12(18-13)19(8-4-7-15)10-5-2-1-3-6-10/h1-3,5-6,9H,4,8,16H2. The van der Waals surface area contributed by atoms with Gasteiger partial charge in [0.1, 0.15) is 0 Å². The van der Waals surface area contributed by atoms with Crippen LogP contribution >= 0.6 is 11.6 Å². The van der Waals surface area contributed by atoms with Gasteiger partial charge in [0.15, 0.2) is 5.82 Å². The summed E-state index contributed by atoms with van der Waals surface area (Å²) in [5, 5.41) is 8.89. The summed E-state index contributed by atoms with van der Waals surface area (Å²) in [5.74, 6) is 0.515. The Balaban J connectivity index is 2.43. The van der Waals surface area contributed by atoms with Crippen LogP contribution in [0.1, 0.15) is 6.42 Å². The number of para-hydroxylation sites is 1. The van der Waals surface area contributed by atoms with Gasteiger partial charge in [-0.3, -0.25) is 0 Å². The van der Waals surface area contributed by atoms with E-state index in [-0.39, 0.29) is 5.28 Å². The molecule has 5 nitrogen and oxygen atoms in total. The van der Waals surface area contributed by atoms with Crippen LogP contribution in [0, 0.1) is 11.3 Å². The number of aromatic nitrogens is 2. The summed E-state index contributed by atoms with van der Waals surface area (Å²) < 4.78 is 0. The molecule has 0 unspecified atom stereocenters. The van der Waals surface area contributed by atoms with Crippen molar-refractivity contribution in [2.24, 2.45) is 0 Å². The number of nitrogen functional groups attached to an aromatic ring is 1. The van der Waals surface area contributed by atoms with Crippen LogP contribution < -0.4 is 10.6 Å². The van der Waals surface area contributed by atoms with E-state index < -0.39 is 0 Å². The second-order valence-corrected chi connectivity index (χ2v) is 4.15. The van der Waals surface area contributed by atoms with Crippen molar-refractivity contribution in [1.82, 2.24) is 9.97 Å². The van der Waals surface area contributed by atoms with E-state index in [2.05, 4.69) is 16.0 Å². The molecule has 0 radical (unpaired) electrons. The number of nitrogens with zero attached hydrogens (tertiary/aromatic N) is 4. The lowest BCUT2D eigenvalue weighted by molar-refractivity contribution is 0.922.